The van der Waals surface area contributed by atoms with Crippen LogP contribution in [0.4, 0.5) is 0 Å². The van der Waals surface area contributed by atoms with Gasteiger partial charge in [0.15, 0.2) is 0 Å². The fourth-order valence-electron chi connectivity index (χ4n) is 2.78. The fourth-order valence-corrected chi connectivity index (χ4v) is 3.14. The molecule has 0 aromatic heterocycles. The largest absolute Gasteiger partial charge is 0.494 e. The van der Waals surface area contributed by atoms with Gasteiger partial charge in [-0.3, -0.25) is 0 Å². The SMILES string of the molecule is CCOc1ccc(C(CCl)c2ccc(OCC)c(C)c2)cc1C. The molecule has 2 aromatic rings. The molecule has 124 valence electrons. The smallest absolute Gasteiger partial charge is 0.122 e. The molecule has 0 radical (unpaired) electrons. The molecule has 3 heteroatoms. The molecular formula is C20H25ClO2. The Balaban J connectivity index is 2.32. The van der Waals surface area contributed by atoms with Crippen LogP contribution in [0.2, 0.25) is 0 Å². The molecule has 0 atom stereocenters. The zero-order chi connectivity index (χ0) is 16.8. The first-order valence-electron chi connectivity index (χ1n) is 8.13. The highest BCUT2D eigenvalue weighted by Crippen LogP contribution is 2.32. The summed E-state index contributed by atoms with van der Waals surface area (Å²) >= 11 is 6.28. The van der Waals surface area contributed by atoms with Gasteiger partial charge in [-0.05, 0) is 62.1 Å². The Labute approximate surface area is 144 Å². The summed E-state index contributed by atoms with van der Waals surface area (Å²) in [6.07, 6.45) is 0. The van der Waals surface area contributed by atoms with E-state index in [2.05, 4.69) is 38.1 Å². The van der Waals surface area contributed by atoms with E-state index in [0.29, 0.717) is 19.1 Å². The molecule has 0 aliphatic rings. The summed E-state index contributed by atoms with van der Waals surface area (Å²) in [5.74, 6) is 2.58. The van der Waals surface area contributed by atoms with Crippen molar-refractivity contribution in [1.82, 2.24) is 0 Å². The molecule has 0 fully saturated rings. The van der Waals surface area contributed by atoms with Gasteiger partial charge in [-0.1, -0.05) is 24.3 Å². The van der Waals surface area contributed by atoms with E-state index >= 15 is 0 Å². The van der Waals surface area contributed by atoms with E-state index in [9.17, 15) is 0 Å². The lowest BCUT2D eigenvalue weighted by molar-refractivity contribution is 0.337. The van der Waals surface area contributed by atoms with Crippen LogP contribution in [0.15, 0.2) is 36.4 Å². The van der Waals surface area contributed by atoms with Gasteiger partial charge in [0.1, 0.15) is 11.5 Å². The fraction of sp³-hybridized carbons (Fsp3) is 0.400. The number of hydrogen-bond donors (Lipinski definition) is 0. The highest BCUT2D eigenvalue weighted by Gasteiger charge is 2.15. The minimum absolute atomic E-state index is 0.167. The van der Waals surface area contributed by atoms with Crippen molar-refractivity contribution < 1.29 is 9.47 Å². The summed E-state index contributed by atoms with van der Waals surface area (Å²) < 4.78 is 11.2. The van der Waals surface area contributed by atoms with Crippen molar-refractivity contribution in [3.8, 4) is 11.5 Å². The molecule has 0 saturated carbocycles. The Morgan fingerprint density at radius 3 is 1.57 bits per heavy atom. The lowest BCUT2D eigenvalue weighted by Gasteiger charge is -2.18. The molecule has 2 nitrogen and oxygen atoms in total. The van der Waals surface area contributed by atoms with E-state index in [-0.39, 0.29) is 5.92 Å². The van der Waals surface area contributed by atoms with Crippen LogP contribution in [0, 0.1) is 13.8 Å². The maximum atomic E-state index is 6.28. The Hall–Kier alpha value is -1.67. The minimum Gasteiger partial charge on any atom is -0.494 e. The van der Waals surface area contributed by atoms with Gasteiger partial charge in [-0.15, -0.1) is 11.6 Å². The summed E-state index contributed by atoms with van der Waals surface area (Å²) in [6, 6.07) is 12.6. The standard InChI is InChI=1S/C20H25ClO2/c1-5-22-19-9-7-16(11-14(19)3)18(13-21)17-8-10-20(23-6-2)15(4)12-17/h7-12,18H,5-6,13H2,1-4H3. The Bertz CT molecular complexity index is 597. The van der Waals surface area contributed by atoms with Gasteiger partial charge in [0, 0.05) is 11.8 Å². The molecule has 2 aromatic carbocycles. The van der Waals surface area contributed by atoms with E-state index in [1.807, 2.05) is 26.0 Å². The van der Waals surface area contributed by atoms with Crippen molar-refractivity contribution in [3.05, 3.63) is 58.7 Å². The normalized spacial score (nSPS) is 10.9. The van der Waals surface area contributed by atoms with Gasteiger partial charge >= 0.3 is 0 Å². The average Bonchev–Trinajstić information content (AvgIpc) is 2.53. The van der Waals surface area contributed by atoms with E-state index in [0.717, 1.165) is 22.6 Å². The Morgan fingerprint density at radius 2 is 1.26 bits per heavy atom. The zero-order valence-electron chi connectivity index (χ0n) is 14.4. The van der Waals surface area contributed by atoms with Crippen molar-refractivity contribution in [2.45, 2.75) is 33.6 Å². The quantitative estimate of drug-likeness (QED) is 0.626. The van der Waals surface area contributed by atoms with Crippen LogP contribution in [0.25, 0.3) is 0 Å². The number of aryl methyl sites for hydroxylation is 2. The second-order valence-corrected chi connectivity index (χ2v) is 5.93. The summed E-state index contributed by atoms with van der Waals surface area (Å²) in [7, 11) is 0. The third-order valence-corrected chi connectivity index (χ3v) is 4.27. The van der Waals surface area contributed by atoms with Crippen LogP contribution in [0.5, 0.6) is 11.5 Å². The molecule has 0 heterocycles. The van der Waals surface area contributed by atoms with Crippen molar-refractivity contribution in [1.29, 1.82) is 0 Å². The number of benzene rings is 2. The summed E-state index contributed by atoms with van der Waals surface area (Å²) in [5, 5.41) is 0. The summed E-state index contributed by atoms with van der Waals surface area (Å²) in [4.78, 5) is 0. The topological polar surface area (TPSA) is 18.5 Å². The third-order valence-electron chi connectivity index (χ3n) is 3.96. The molecular weight excluding hydrogens is 308 g/mol. The van der Waals surface area contributed by atoms with Crippen LogP contribution < -0.4 is 9.47 Å². The van der Waals surface area contributed by atoms with E-state index in [1.54, 1.807) is 0 Å². The van der Waals surface area contributed by atoms with E-state index < -0.39 is 0 Å². The Kier molecular flexibility index (Phi) is 6.35. The monoisotopic (exact) mass is 332 g/mol. The van der Waals surface area contributed by atoms with Crippen LogP contribution in [0.1, 0.15) is 42.0 Å². The molecule has 0 aliphatic heterocycles. The molecule has 0 unspecified atom stereocenters. The van der Waals surface area contributed by atoms with Crippen molar-refractivity contribution in [2.75, 3.05) is 19.1 Å². The molecule has 0 bridgehead atoms. The predicted octanol–water partition coefficient (Wildman–Crippen LogP) is 5.47. The first-order chi connectivity index (χ1) is 11.1. The van der Waals surface area contributed by atoms with Crippen LogP contribution in [-0.2, 0) is 0 Å². The van der Waals surface area contributed by atoms with Crippen LogP contribution >= 0.6 is 11.6 Å². The molecule has 0 aliphatic carbocycles. The van der Waals surface area contributed by atoms with Crippen LogP contribution in [0.3, 0.4) is 0 Å². The van der Waals surface area contributed by atoms with Gasteiger partial charge in [-0.2, -0.15) is 0 Å². The van der Waals surface area contributed by atoms with Gasteiger partial charge < -0.3 is 9.47 Å². The zero-order valence-corrected chi connectivity index (χ0v) is 15.1. The molecule has 23 heavy (non-hydrogen) atoms. The summed E-state index contributed by atoms with van der Waals surface area (Å²) in [5.41, 5.74) is 4.71. The third kappa shape index (κ3) is 4.20. The number of rotatable bonds is 7. The van der Waals surface area contributed by atoms with Crippen molar-refractivity contribution >= 4 is 11.6 Å². The molecule has 0 amide bonds. The van der Waals surface area contributed by atoms with Crippen LogP contribution in [-0.4, -0.2) is 19.1 Å². The van der Waals surface area contributed by atoms with Gasteiger partial charge in [0.05, 0.1) is 13.2 Å². The first-order valence-corrected chi connectivity index (χ1v) is 8.66. The second kappa shape index (κ2) is 8.26. The highest BCUT2D eigenvalue weighted by atomic mass is 35.5. The number of hydrogen-bond acceptors (Lipinski definition) is 2. The first kappa shape index (κ1) is 17.7. The lowest BCUT2D eigenvalue weighted by atomic mass is 9.91. The maximum absolute atomic E-state index is 6.28. The van der Waals surface area contributed by atoms with Crippen molar-refractivity contribution in [2.24, 2.45) is 0 Å². The van der Waals surface area contributed by atoms with E-state index in [1.165, 1.54) is 11.1 Å². The second-order valence-electron chi connectivity index (χ2n) is 5.62. The number of ether oxygens (including phenoxy) is 2. The molecule has 2 rings (SSSR count). The minimum atomic E-state index is 0.167. The van der Waals surface area contributed by atoms with Gasteiger partial charge in [-0.25, -0.2) is 0 Å². The average molecular weight is 333 g/mol. The van der Waals surface area contributed by atoms with Gasteiger partial charge in [0.25, 0.3) is 0 Å². The lowest BCUT2D eigenvalue weighted by Crippen LogP contribution is -2.05. The van der Waals surface area contributed by atoms with Crippen molar-refractivity contribution in [3.63, 3.8) is 0 Å². The summed E-state index contributed by atoms with van der Waals surface area (Å²) in [6.45, 7) is 9.50. The maximum Gasteiger partial charge on any atom is 0.122 e. The predicted molar refractivity (Wildman–Crippen MR) is 97.3 cm³/mol. The van der Waals surface area contributed by atoms with Gasteiger partial charge in [0.2, 0.25) is 0 Å². The van der Waals surface area contributed by atoms with E-state index in [4.69, 9.17) is 21.1 Å². The molecule has 0 spiro atoms. The number of alkyl halides is 1. The number of halogens is 1. The molecule has 0 saturated heterocycles. The highest BCUT2D eigenvalue weighted by molar-refractivity contribution is 6.18. The molecule has 0 N–H and O–H groups in total. The Morgan fingerprint density at radius 1 is 0.826 bits per heavy atom.